The summed E-state index contributed by atoms with van der Waals surface area (Å²) < 4.78 is 0.913. The van der Waals surface area contributed by atoms with Crippen LogP contribution in [0.15, 0.2) is 28.7 Å². The lowest BCUT2D eigenvalue weighted by Crippen LogP contribution is -2.44. The number of nitrogens with zero attached hydrogens (tertiary/aromatic N) is 1. The van der Waals surface area contributed by atoms with Gasteiger partial charge in [-0.3, -0.25) is 9.59 Å². The first-order valence-corrected chi connectivity index (χ1v) is 8.76. The number of hydrogen-bond acceptors (Lipinski definition) is 3. The largest absolute Gasteiger partial charge is 0.352 e. The molecule has 134 valence electrons. The normalized spacial score (nSPS) is 18.5. The molecule has 0 bridgehead atoms. The third-order valence-electron chi connectivity index (χ3n) is 4.00. The summed E-state index contributed by atoms with van der Waals surface area (Å²) in [6, 6.07) is 7.53. The van der Waals surface area contributed by atoms with Gasteiger partial charge in [0.2, 0.25) is 11.8 Å². The van der Waals surface area contributed by atoms with Gasteiger partial charge in [0.05, 0.1) is 5.92 Å². The summed E-state index contributed by atoms with van der Waals surface area (Å²) in [7, 11) is 0. The molecule has 2 amide bonds. The Morgan fingerprint density at radius 3 is 2.75 bits per heavy atom. The lowest BCUT2D eigenvalue weighted by Gasteiger charge is -2.21. The van der Waals surface area contributed by atoms with Crippen LogP contribution in [-0.2, 0) is 9.59 Å². The first kappa shape index (κ1) is 20.9. The second kappa shape index (κ2) is 9.39. The molecule has 7 heteroatoms. The fraction of sp³-hybridized carbons (Fsp3) is 0.529. The summed E-state index contributed by atoms with van der Waals surface area (Å²) in [5.41, 5.74) is 6.55. The van der Waals surface area contributed by atoms with Gasteiger partial charge in [0, 0.05) is 35.7 Å². The van der Waals surface area contributed by atoms with E-state index in [9.17, 15) is 9.59 Å². The van der Waals surface area contributed by atoms with E-state index in [2.05, 4.69) is 35.1 Å². The number of amides is 2. The first-order valence-electron chi connectivity index (χ1n) is 7.97. The van der Waals surface area contributed by atoms with E-state index in [0.29, 0.717) is 19.0 Å². The summed E-state index contributed by atoms with van der Waals surface area (Å²) >= 11 is 3.41. The molecule has 0 aliphatic carbocycles. The lowest BCUT2D eigenvalue weighted by atomic mass is 10.0. The number of nitrogens with two attached hydrogens (primary N) is 1. The van der Waals surface area contributed by atoms with Crippen LogP contribution < -0.4 is 16.0 Å². The number of carbonyl (C=O) groups excluding carboxylic acids is 2. The fourth-order valence-corrected chi connectivity index (χ4v) is 3.27. The number of rotatable bonds is 6. The Labute approximate surface area is 157 Å². The van der Waals surface area contributed by atoms with Crippen molar-refractivity contribution in [2.45, 2.75) is 32.7 Å². The Morgan fingerprint density at radius 1 is 1.46 bits per heavy atom. The maximum absolute atomic E-state index is 12.4. The minimum atomic E-state index is -0.317. The topological polar surface area (TPSA) is 75.4 Å². The molecule has 0 aromatic heterocycles. The van der Waals surface area contributed by atoms with E-state index >= 15 is 0 Å². The van der Waals surface area contributed by atoms with Gasteiger partial charge in [-0.05, 0) is 30.5 Å². The standard InChI is InChI=1S/C17H24BrN3O2.ClH/c1-11(2)6-14(9-19)20-17(23)12-7-16(22)21(10-12)15-5-3-4-13(18)8-15;/h3-5,8,11-12,14H,6-7,9-10,19H2,1-2H3,(H,20,23);1H. The second-order valence-electron chi connectivity index (χ2n) is 6.46. The zero-order valence-corrected chi connectivity index (χ0v) is 16.4. The van der Waals surface area contributed by atoms with E-state index in [1.807, 2.05) is 24.3 Å². The number of anilines is 1. The van der Waals surface area contributed by atoms with Crippen molar-refractivity contribution >= 4 is 45.8 Å². The van der Waals surface area contributed by atoms with Crippen LogP contribution in [0.2, 0.25) is 0 Å². The van der Waals surface area contributed by atoms with Crippen molar-refractivity contribution in [3.8, 4) is 0 Å². The van der Waals surface area contributed by atoms with Gasteiger partial charge in [0.15, 0.2) is 0 Å². The Kier molecular flexibility index (Phi) is 8.19. The maximum Gasteiger partial charge on any atom is 0.227 e. The van der Waals surface area contributed by atoms with Gasteiger partial charge in [-0.15, -0.1) is 12.4 Å². The molecule has 0 saturated carbocycles. The summed E-state index contributed by atoms with van der Waals surface area (Å²) in [5.74, 6) is 0.0540. The third kappa shape index (κ3) is 5.46. The summed E-state index contributed by atoms with van der Waals surface area (Å²) in [6.07, 6.45) is 1.09. The highest BCUT2D eigenvalue weighted by molar-refractivity contribution is 9.10. The van der Waals surface area contributed by atoms with Crippen molar-refractivity contribution in [3.05, 3.63) is 28.7 Å². The van der Waals surface area contributed by atoms with Gasteiger partial charge in [0.25, 0.3) is 0 Å². The Bertz CT molecular complexity index is 583. The Hall–Kier alpha value is -1.11. The van der Waals surface area contributed by atoms with Crippen LogP contribution in [0.5, 0.6) is 0 Å². The van der Waals surface area contributed by atoms with E-state index in [-0.39, 0.29) is 42.6 Å². The number of hydrogen-bond donors (Lipinski definition) is 2. The minimum absolute atomic E-state index is 0. The molecule has 3 N–H and O–H groups in total. The zero-order chi connectivity index (χ0) is 17.0. The van der Waals surface area contributed by atoms with E-state index in [1.54, 1.807) is 4.90 Å². The maximum atomic E-state index is 12.4. The van der Waals surface area contributed by atoms with Gasteiger partial charge in [0.1, 0.15) is 0 Å². The summed E-state index contributed by atoms with van der Waals surface area (Å²) in [5, 5.41) is 2.99. The van der Waals surface area contributed by atoms with Crippen LogP contribution >= 0.6 is 28.3 Å². The average molecular weight is 419 g/mol. The first-order chi connectivity index (χ1) is 10.9. The van der Waals surface area contributed by atoms with Gasteiger partial charge in [-0.2, -0.15) is 0 Å². The molecule has 0 spiro atoms. The number of nitrogens with one attached hydrogen (secondary N) is 1. The second-order valence-corrected chi connectivity index (χ2v) is 7.37. The summed E-state index contributed by atoms with van der Waals surface area (Å²) in [4.78, 5) is 26.3. The van der Waals surface area contributed by atoms with Crippen LogP contribution in [-0.4, -0.2) is 30.9 Å². The van der Waals surface area contributed by atoms with Gasteiger partial charge in [-0.25, -0.2) is 0 Å². The highest BCUT2D eigenvalue weighted by atomic mass is 79.9. The minimum Gasteiger partial charge on any atom is -0.352 e. The molecule has 1 aromatic rings. The van der Waals surface area contributed by atoms with E-state index < -0.39 is 0 Å². The summed E-state index contributed by atoms with van der Waals surface area (Å²) in [6.45, 7) is 5.03. The zero-order valence-electron chi connectivity index (χ0n) is 14.0. The molecule has 1 aliphatic heterocycles. The molecule has 2 atom stereocenters. The van der Waals surface area contributed by atoms with Crippen molar-refractivity contribution in [1.29, 1.82) is 0 Å². The number of benzene rings is 1. The molecule has 2 unspecified atom stereocenters. The molecule has 5 nitrogen and oxygen atoms in total. The van der Waals surface area contributed by atoms with Crippen molar-refractivity contribution in [2.24, 2.45) is 17.6 Å². The molecular weight excluding hydrogens is 394 g/mol. The molecule has 1 fully saturated rings. The third-order valence-corrected chi connectivity index (χ3v) is 4.50. The van der Waals surface area contributed by atoms with Crippen LogP contribution in [0.25, 0.3) is 0 Å². The van der Waals surface area contributed by atoms with Crippen molar-refractivity contribution in [1.82, 2.24) is 5.32 Å². The van der Waals surface area contributed by atoms with Crippen LogP contribution in [0.1, 0.15) is 26.7 Å². The lowest BCUT2D eigenvalue weighted by molar-refractivity contribution is -0.127. The Balaban J connectivity index is 0.00000288. The quantitative estimate of drug-likeness (QED) is 0.746. The van der Waals surface area contributed by atoms with E-state index in [4.69, 9.17) is 5.73 Å². The van der Waals surface area contributed by atoms with Crippen molar-refractivity contribution < 1.29 is 9.59 Å². The predicted molar refractivity (Wildman–Crippen MR) is 102 cm³/mol. The molecule has 0 radical (unpaired) electrons. The molecule has 1 heterocycles. The molecule has 2 rings (SSSR count). The number of carbonyl (C=O) groups is 2. The molecular formula is C17H25BrClN3O2. The SMILES string of the molecule is CC(C)CC(CN)NC(=O)C1CC(=O)N(c2cccc(Br)c2)C1.Cl. The monoisotopic (exact) mass is 417 g/mol. The highest BCUT2D eigenvalue weighted by Gasteiger charge is 2.35. The van der Waals surface area contributed by atoms with Crippen LogP contribution in [0.3, 0.4) is 0 Å². The molecule has 1 saturated heterocycles. The number of halogens is 2. The smallest absolute Gasteiger partial charge is 0.227 e. The van der Waals surface area contributed by atoms with Gasteiger partial charge in [-0.1, -0.05) is 35.8 Å². The van der Waals surface area contributed by atoms with Crippen molar-refractivity contribution in [2.75, 3.05) is 18.0 Å². The van der Waals surface area contributed by atoms with E-state index in [0.717, 1.165) is 16.6 Å². The van der Waals surface area contributed by atoms with Crippen molar-refractivity contribution in [3.63, 3.8) is 0 Å². The van der Waals surface area contributed by atoms with E-state index in [1.165, 1.54) is 0 Å². The predicted octanol–water partition coefficient (Wildman–Crippen LogP) is 2.71. The van der Waals surface area contributed by atoms with Gasteiger partial charge >= 0.3 is 0 Å². The average Bonchev–Trinajstić information content (AvgIpc) is 2.88. The highest BCUT2D eigenvalue weighted by Crippen LogP contribution is 2.27. The van der Waals surface area contributed by atoms with Crippen LogP contribution in [0.4, 0.5) is 5.69 Å². The van der Waals surface area contributed by atoms with Gasteiger partial charge < -0.3 is 16.0 Å². The Morgan fingerprint density at radius 2 is 2.17 bits per heavy atom. The molecule has 24 heavy (non-hydrogen) atoms. The van der Waals surface area contributed by atoms with Crippen LogP contribution in [0, 0.1) is 11.8 Å². The molecule has 1 aliphatic rings. The fourth-order valence-electron chi connectivity index (χ4n) is 2.88. The molecule has 1 aromatic carbocycles.